The number of carbonyl (C=O) groups excluding carboxylic acids is 1. The predicted octanol–water partition coefficient (Wildman–Crippen LogP) is 1.99. The summed E-state index contributed by atoms with van der Waals surface area (Å²) < 4.78 is 10.0. The molecule has 0 bridgehead atoms. The Morgan fingerprint density at radius 3 is 2.82 bits per heavy atom. The van der Waals surface area contributed by atoms with E-state index in [2.05, 4.69) is 37.0 Å². The number of amides is 1. The first kappa shape index (κ1) is 17.0. The van der Waals surface area contributed by atoms with Gasteiger partial charge in [0.1, 0.15) is 17.8 Å². The first-order valence-corrected chi connectivity index (χ1v) is 9.36. The Kier molecular flexibility index (Phi) is 3.92. The largest absolute Gasteiger partial charge is 0.417 e. The number of H-pyrrole nitrogens is 1. The van der Waals surface area contributed by atoms with Gasteiger partial charge >= 0.3 is 12.1 Å². The third-order valence-electron chi connectivity index (χ3n) is 5.89. The number of hydrogen-bond acceptors (Lipinski definition) is 8. The lowest BCUT2D eigenvalue weighted by molar-refractivity contribution is 0.153. The molecular formula is C18H21N7O3. The molecule has 3 aromatic rings. The lowest BCUT2D eigenvalue weighted by atomic mass is 10.0. The second-order valence-corrected chi connectivity index (χ2v) is 7.56. The topological polar surface area (TPSA) is 113 Å². The molecule has 2 fully saturated rings. The number of ether oxygens (including phenoxy) is 1. The number of fused-ring (bicyclic) bond motifs is 2. The van der Waals surface area contributed by atoms with E-state index in [9.17, 15) is 4.79 Å². The monoisotopic (exact) mass is 383 g/mol. The number of hydrogen-bond donors (Lipinski definition) is 1. The van der Waals surface area contributed by atoms with Crippen molar-refractivity contribution < 1.29 is 14.1 Å². The average Bonchev–Trinajstić information content (AvgIpc) is 3.43. The fraction of sp³-hybridized carbons (Fsp3) is 0.500. The van der Waals surface area contributed by atoms with Crippen molar-refractivity contribution in [2.45, 2.75) is 25.8 Å². The van der Waals surface area contributed by atoms with Gasteiger partial charge < -0.3 is 24.0 Å². The van der Waals surface area contributed by atoms with Gasteiger partial charge in [0.25, 0.3) is 0 Å². The number of likely N-dealkylation sites (tertiary alicyclic amines) is 1. The maximum absolute atomic E-state index is 12.4. The highest BCUT2D eigenvalue weighted by Crippen LogP contribution is 2.41. The van der Waals surface area contributed by atoms with Crippen LogP contribution in [0.2, 0.25) is 0 Å². The van der Waals surface area contributed by atoms with Gasteiger partial charge in [0, 0.05) is 39.3 Å². The molecule has 1 saturated heterocycles. The van der Waals surface area contributed by atoms with Gasteiger partial charge in [-0.2, -0.15) is 4.98 Å². The third-order valence-corrected chi connectivity index (χ3v) is 5.89. The van der Waals surface area contributed by atoms with Gasteiger partial charge in [0.2, 0.25) is 5.89 Å². The molecule has 1 aliphatic carbocycles. The molecule has 2 aliphatic rings. The van der Waals surface area contributed by atoms with E-state index in [4.69, 9.17) is 9.26 Å². The molecule has 0 aromatic carbocycles. The maximum Gasteiger partial charge on any atom is 0.417 e. The van der Waals surface area contributed by atoms with E-state index >= 15 is 0 Å². The number of aryl methyl sites for hydroxylation is 1. The lowest BCUT2D eigenvalue weighted by Crippen LogP contribution is -2.36. The summed E-state index contributed by atoms with van der Waals surface area (Å²) in [6.45, 7) is 3.03. The van der Waals surface area contributed by atoms with E-state index in [1.165, 1.54) is 0 Å². The molecule has 10 heteroatoms. The molecule has 1 aliphatic heterocycles. The fourth-order valence-electron chi connectivity index (χ4n) is 4.51. The second-order valence-electron chi connectivity index (χ2n) is 7.56. The summed E-state index contributed by atoms with van der Waals surface area (Å²) in [5.41, 5.74) is 0.848. The Labute approximate surface area is 160 Å². The Bertz CT molecular complexity index is 1000. The molecule has 3 atom stereocenters. The van der Waals surface area contributed by atoms with Crippen LogP contribution in [0.25, 0.3) is 11.0 Å². The number of aromatic nitrogens is 5. The minimum absolute atomic E-state index is 0.0311. The van der Waals surface area contributed by atoms with Crippen LogP contribution < -0.4 is 9.64 Å². The molecule has 28 heavy (non-hydrogen) atoms. The summed E-state index contributed by atoms with van der Waals surface area (Å²) in [5.74, 6) is 2.22. The molecule has 10 nitrogen and oxygen atoms in total. The molecule has 1 saturated carbocycles. The molecule has 1 amide bonds. The van der Waals surface area contributed by atoms with Gasteiger partial charge in [-0.3, -0.25) is 0 Å². The molecule has 1 N–H and O–H groups in total. The summed E-state index contributed by atoms with van der Waals surface area (Å²) in [5, 5.41) is 4.64. The number of nitrogens with zero attached hydrogens (tertiary/aromatic N) is 6. The maximum atomic E-state index is 12.4. The van der Waals surface area contributed by atoms with Crippen LogP contribution in [0.4, 0.5) is 10.6 Å². The van der Waals surface area contributed by atoms with Crippen molar-refractivity contribution in [3.63, 3.8) is 0 Å². The molecule has 0 radical (unpaired) electrons. The van der Waals surface area contributed by atoms with Crippen molar-refractivity contribution >= 4 is 22.9 Å². The number of nitrogens with one attached hydrogen (secondary N) is 1. The molecular weight excluding hydrogens is 362 g/mol. The van der Waals surface area contributed by atoms with Crippen LogP contribution in [0.15, 0.2) is 23.1 Å². The highest BCUT2D eigenvalue weighted by molar-refractivity contribution is 5.87. The van der Waals surface area contributed by atoms with Crippen LogP contribution in [0.5, 0.6) is 6.01 Å². The van der Waals surface area contributed by atoms with Gasteiger partial charge in [-0.25, -0.2) is 14.8 Å². The normalized spacial score (nSPS) is 23.9. The van der Waals surface area contributed by atoms with E-state index in [0.717, 1.165) is 29.7 Å². The first-order chi connectivity index (χ1) is 13.6. The van der Waals surface area contributed by atoms with E-state index in [1.54, 1.807) is 18.2 Å². The summed E-state index contributed by atoms with van der Waals surface area (Å²) in [4.78, 5) is 32.2. The zero-order valence-electron chi connectivity index (χ0n) is 15.7. The van der Waals surface area contributed by atoms with Crippen molar-refractivity contribution in [3.8, 4) is 6.01 Å². The fourth-order valence-corrected chi connectivity index (χ4v) is 4.51. The van der Waals surface area contributed by atoms with Crippen LogP contribution >= 0.6 is 0 Å². The summed E-state index contributed by atoms with van der Waals surface area (Å²) in [7, 11) is 2.09. The Hall–Kier alpha value is -3.17. The quantitative estimate of drug-likeness (QED) is 0.730. The molecule has 146 valence electrons. The molecule has 3 aromatic heterocycles. The lowest BCUT2D eigenvalue weighted by Gasteiger charge is -2.27. The standard InChI is InChI=1S/C18H21N7O3/c1-10-22-17(23-28-10)27-18(26)25-7-11-5-13(6-12(11)8-25)24(2)16-14-3-4-19-15(14)20-9-21-16/h3-4,9,11-13H,5-8H2,1-2H3,(H,19,20,21)/t11-,12+,13+. The molecule has 5 rings (SSSR count). The number of anilines is 1. The third kappa shape index (κ3) is 2.85. The number of aromatic amines is 1. The highest BCUT2D eigenvalue weighted by Gasteiger charge is 2.44. The van der Waals surface area contributed by atoms with Crippen LogP contribution in [-0.4, -0.2) is 62.3 Å². The first-order valence-electron chi connectivity index (χ1n) is 9.36. The van der Waals surface area contributed by atoms with Crippen molar-refractivity contribution in [3.05, 3.63) is 24.5 Å². The van der Waals surface area contributed by atoms with Crippen molar-refractivity contribution in [1.29, 1.82) is 0 Å². The minimum atomic E-state index is -0.412. The Balaban J connectivity index is 1.23. The highest BCUT2D eigenvalue weighted by atomic mass is 16.6. The van der Waals surface area contributed by atoms with Gasteiger partial charge in [-0.05, 0) is 35.9 Å². The Morgan fingerprint density at radius 1 is 1.32 bits per heavy atom. The van der Waals surface area contributed by atoms with Crippen molar-refractivity contribution in [1.82, 2.24) is 30.0 Å². The molecule has 0 spiro atoms. The van der Waals surface area contributed by atoms with Crippen molar-refractivity contribution in [2.24, 2.45) is 11.8 Å². The average molecular weight is 383 g/mol. The zero-order valence-corrected chi connectivity index (χ0v) is 15.7. The van der Waals surface area contributed by atoms with Gasteiger partial charge in [-0.15, -0.1) is 0 Å². The SMILES string of the molecule is Cc1nc(OC(=O)N2C[C@H]3C[C@H](N(C)c4ncnc5[nH]ccc45)C[C@H]3C2)no1. The predicted molar refractivity (Wildman–Crippen MR) is 98.9 cm³/mol. The minimum Gasteiger partial charge on any atom is -0.372 e. The van der Waals surface area contributed by atoms with Gasteiger partial charge in [-0.1, -0.05) is 0 Å². The summed E-state index contributed by atoms with van der Waals surface area (Å²) in [6.07, 6.45) is 5.10. The van der Waals surface area contributed by atoms with Crippen LogP contribution in [0, 0.1) is 18.8 Å². The van der Waals surface area contributed by atoms with E-state index in [-0.39, 0.29) is 6.01 Å². The van der Waals surface area contributed by atoms with Crippen LogP contribution in [0.1, 0.15) is 18.7 Å². The number of carbonyl (C=O) groups is 1. The van der Waals surface area contributed by atoms with Crippen LogP contribution in [0.3, 0.4) is 0 Å². The Morgan fingerprint density at radius 2 is 2.11 bits per heavy atom. The van der Waals surface area contributed by atoms with E-state index in [1.807, 2.05) is 12.3 Å². The molecule has 0 unspecified atom stereocenters. The van der Waals surface area contributed by atoms with Crippen LogP contribution in [-0.2, 0) is 0 Å². The van der Waals surface area contributed by atoms with E-state index in [0.29, 0.717) is 36.9 Å². The van der Waals surface area contributed by atoms with Gasteiger partial charge in [0.15, 0.2) is 0 Å². The summed E-state index contributed by atoms with van der Waals surface area (Å²) >= 11 is 0. The van der Waals surface area contributed by atoms with Crippen molar-refractivity contribution in [2.75, 3.05) is 25.0 Å². The smallest absolute Gasteiger partial charge is 0.372 e. The number of rotatable bonds is 3. The molecule has 4 heterocycles. The zero-order chi connectivity index (χ0) is 19.3. The van der Waals surface area contributed by atoms with E-state index < -0.39 is 6.09 Å². The van der Waals surface area contributed by atoms with Gasteiger partial charge in [0.05, 0.1) is 5.39 Å². The summed E-state index contributed by atoms with van der Waals surface area (Å²) in [6, 6.07) is 2.37. The second kappa shape index (κ2) is 6.47.